The van der Waals surface area contributed by atoms with E-state index in [1.807, 2.05) is 6.92 Å². The summed E-state index contributed by atoms with van der Waals surface area (Å²) in [5, 5.41) is 9.40. The molecule has 1 heteroatoms. The van der Waals surface area contributed by atoms with Crippen molar-refractivity contribution in [3.63, 3.8) is 0 Å². The minimum Gasteiger partial charge on any atom is -0.393 e. The van der Waals surface area contributed by atoms with Gasteiger partial charge in [-0.25, -0.2) is 0 Å². The zero-order valence-corrected chi connectivity index (χ0v) is 9.35. The molecule has 0 aromatic heterocycles. The second-order valence-electron chi connectivity index (χ2n) is 3.97. The highest BCUT2D eigenvalue weighted by molar-refractivity contribution is 5.15. The van der Waals surface area contributed by atoms with Gasteiger partial charge in [0.15, 0.2) is 0 Å². The van der Waals surface area contributed by atoms with E-state index in [0.717, 1.165) is 24.8 Å². The molecule has 0 spiro atoms. The van der Waals surface area contributed by atoms with E-state index in [2.05, 4.69) is 27.4 Å². The summed E-state index contributed by atoms with van der Waals surface area (Å²) >= 11 is 0. The van der Waals surface area contributed by atoms with Crippen LogP contribution in [0.5, 0.6) is 0 Å². The summed E-state index contributed by atoms with van der Waals surface area (Å²) in [6.45, 7) is 12.3. The molecule has 1 N–H and O–H groups in total. The molecule has 0 saturated heterocycles. The zero-order chi connectivity index (χ0) is 10.4. The third kappa shape index (κ3) is 5.64. The van der Waals surface area contributed by atoms with Crippen molar-refractivity contribution in [1.29, 1.82) is 0 Å². The smallest absolute Gasteiger partial charge is 0.0574 e. The van der Waals surface area contributed by atoms with Gasteiger partial charge in [-0.05, 0) is 40.0 Å². The van der Waals surface area contributed by atoms with Crippen LogP contribution in [-0.4, -0.2) is 11.2 Å². The predicted octanol–water partition coefficient (Wildman–Crippen LogP) is 3.45. The molecule has 0 amide bonds. The minimum absolute atomic E-state index is 0.211. The van der Waals surface area contributed by atoms with Gasteiger partial charge in [-0.3, -0.25) is 0 Å². The Hall–Kier alpha value is -0.560. The van der Waals surface area contributed by atoms with Crippen molar-refractivity contribution in [2.24, 2.45) is 0 Å². The van der Waals surface area contributed by atoms with E-state index < -0.39 is 0 Å². The summed E-state index contributed by atoms with van der Waals surface area (Å²) in [7, 11) is 0. The lowest BCUT2D eigenvalue weighted by Crippen LogP contribution is -2.05. The molecule has 13 heavy (non-hydrogen) atoms. The van der Waals surface area contributed by atoms with Crippen LogP contribution < -0.4 is 0 Å². The highest BCUT2D eigenvalue weighted by Crippen LogP contribution is 2.17. The van der Waals surface area contributed by atoms with Crippen LogP contribution >= 0.6 is 0 Å². The quantitative estimate of drug-likeness (QED) is 0.646. The first-order chi connectivity index (χ1) is 5.97. The van der Waals surface area contributed by atoms with Crippen molar-refractivity contribution in [2.75, 3.05) is 0 Å². The first kappa shape index (κ1) is 12.4. The third-order valence-electron chi connectivity index (χ3n) is 2.36. The van der Waals surface area contributed by atoms with E-state index in [-0.39, 0.29) is 6.10 Å². The van der Waals surface area contributed by atoms with Crippen LogP contribution in [-0.2, 0) is 0 Å². The van der Waals surface area contributed by atoms with Gasteiger partial charge in [-0.1, -0.05) is 30.2 Å². The van der Waals surface area contributed by atoms with Gasteiger partial charge < -0.3 is 5.11 Å². The van der Waals surface area contributed by atoms with Crippen molar-refractivity contribution in [3.8, 4) is 0 Å². The van der Waals surface area contributed by atoms with E-state index in [0.29, 0.717) is 0 Å². The van der Waals surface area contributed by atoms with Crippen LogP contribution in [0.1, 0.15) is 47.0 Å². The van der Waals surface area contributed by atoms with Crippen LogP contribution in [0.25, 0.3) is 0 Å². The van der Waals surface area contributed by atoms with Crippen molar-refractivity contribution in [1.82, 2.24) is 0 Å². The van der Waals surface area contributed by atoms with Crippen molar-refractivity contribution in [2.45, 2.75) is 53.1 Å². The maximum atomic E-state index is 9.40. The second-order valence-corrected chi connectivity index (χ2v) is 3.97. The van der Waals surface area contributed by atoms with E-state index in [1.165, 1.54) is 11.1 Å². The lowest BCUT2D eigenvalue weighted by Gasteiger charge is -2.11. The van der Waals surface area contributed by atoms with Gasteiger partial charge in [-0.2, -0.15) is 0 Å². The average Bonchev–Trinajstić information content (AvgIpc) is 2.03. The van der Waals surface area contributed by atoms with Gasteiger partial charge >= 0.3 is 0 Å². The number of hydrogen-bond donors (Lipinski definition) is 1. The molecule has 0 aromatic carbocycles. The van der Waals surface area contributed by atoms with E-state index in [1.54, 1.807) is 0 Å². The van der Waals surface area contributed by atoms with Gasteiger partial charge in [0, 0.05) is 0 Å². The Morgan fingerprint density at radius 1 is 1.31 bits per heavy atom. The molecule has 0 aliphatic rings. The molecule has 0 aromatic rings. The number of rotatable bonds is 5. The number of aliphatic hydroxyl groups excluding tert-OH is 1. The molecule has 0 heterocycles. The highest BCUT2D eigenvalue weighted by Gasteiger charge is 2.04. The molecule has 0 bridgehead atoms. The number of hydrogen-bond acceptors (Lipinski definition) is 1. The first-order valence-electron chi connectivity index (χ1n) is 4.95. The van der Waals surface area contributed by atoms with Crippen LogP contribution in [0.4, 0.5) is 0 Å². The lowest BCUT2D eigenvalue weighted by atomic mass is 9.99. The third-order valence-corrected chi connectivity index (χ3v) is 2.36. The van der Waals surface area contributed by atoms with Gasteiger partial charge in [-0.15, -0.1) is 0 Å². The summed E-state index contributed by atoms with van der Waals surface area (Å²) in [5.41, 5.74) is 3.86. The fraction of sp³-hybridized carbons (Fsp3) is 0.667. The lowest BCUT2D eigenvalue weighted by molar-refractivity contribution is 0.170. The Morgan fingerprint density at radius 3 is 2.23 bits per heavy atom. The molecule has 76 valence electrons. The van der Waals surface area contributed by atoms with Gasteiger partial charge in [0.1, 0.15) is 0 Å². The van der Waals surface area contributed by atoms with Gasteiger partial charge in [0.05, 0.1) is 6.10 Å². The molecule has 1 atom stereocenters. The largest absolute Gasteiger partial charge is 0.393 e. The number of aliphatic hydroxyl groups is 1. The molecular formula is C12H22O. The molecule has 0 aliphatic heterocycles. The monoisotopic (exact) mass is 182 g/mol. The van der Waals surface area contributed by atoms with Crippen LogP contribution in [0, 0.1) is 0 Å². The Bertz CT molecular complexity index is 197. The summed E-state index contributed by atoms with van der Waals surface area (Å²) in [6.07, 6.45) is 2.27. The van der Waals surface area contributed by atoms with E-state index in [9.17, 15) is 5.11 Å². The Balaban J connectivity index is 3.96. The molecular weight excluding hydrogens is 160 g/mol. The standard InChI is InChI=1S/C12H22O/c1-6-12(13)8-10(4)7-11(5)9(2)3/h12-13H,4,6-8H2,1-3,5H3. The Kier molecular flexibility index (Phi) is 5.72. The average molecular weight is 182 g/mol. The first-order valence-corrected chi connectivity index (χ1v) is 4.95. The molecule has 0 fully saturated rings. The molecule has 0 saturated carbocycles. The summed E-state index contributed by atoms with van der Waals surface area (Å²) < 4.78 is 0. The Labute approximate surface area is 82.2 Å². The van der Waals surface area contributed by atoms with Crippen LogP contribution in [0.15, 0.2) is 23.3 Å². The SMILES string of the molecule is C=C(CC(C)=C(C)C)CC(O)CC. The number of allylic oxidation sites excluding steroid dienone is 2. The van der Waals surface area contributed by atoms with Crippen LogP contribution in [0.3, 0.4) is 0 Å². The van der Waals surface area contributed by atoms with E-state index >= 15 is 0 Å². The van der Waals surface area contributed by atoms with Crippen LogP contribution in [0.2, 0.25) is 0 Å². The van der Waals surface area contributed by atoms with Crippen molar-refractivity contribution < 1.29 is 5.11 Å². The molecule has 0 radical (unpaired) electrons. The fourth-order valence-corrected chi connectivity index (χ4v) is 1.10. The molecule has 0 aliphatic carbocycles. The van der Waals surface area contributed by atoms with Crippen molar-refractivity contribution in [3.05, 3.63) is 23.3 Å². The molecule has 0 rings (SSSR count). The summed E-state index contributed by atoms with van der Waals surface area (Å²) in [6, 6.07) is 0. The molecule has 1 unspecified atom stereocenters. The predicted molar refractivity (Wildman–Crippen MR) is 58.7 cm³/mol. The fourth-order valence-electron chi connectivity index (χ4n) is 1.10. The maximum Gasteiger partial charge on any atom is 0.0574 e. The summed E-state index contributed by atoms with van der Waals surface area (Å²) in [5.74, 6) is 0. The van der Waals surface area contributed by atoms with Gasteiger partial charge in [0.25, 0.3) is 0 Å². The highest BCUT2D eigenvalue weighted by atomic mass is 16.3. The maximum absolute atomic E-state index is 9.40. The Morgan fingerprint density at radius 2 is 1.85 bits per heavy atom. The van der Waals surface area contributed by atoms with E-state index in [4.69, 9.17) is 0 Å². The molecule has 1 nitrogen and oxygen atoms in total. The summed E-state index contributed by atoms with van der Waals surface area (Å²) in [4.78, 5) is 0. The zero-order valence-electron chi connectivity index (χ0n) is 9.35. The normalized spacial score (nSPS) is 12.4. The topological polar surface area (TPSA) is 20.2 Å². The van der Waals surface area contributed by atoms with Gasteiger partial charge in [0.2, 0.25) is 0 Å². The minimum atomic E-state index is -0.211. The second kappa shape index (κ2) is 5.98. The van der Waals surface area contributed by atoms with Crippen molar-refractivity contribution >= 4 is 0 Å².